The molecule has 2 rings (SSSR count). The summed E-state index contributed by atoms with van der Waals surface area (Å²) in [6, 6.07) is 0. The molecular weight excluding hydrogens is 222 g/mol. The Morgan fingerprint density at radius 3 is 2.56 bits per heavy atom. The van der Waals surface area contributed by atoms with Gasteiger partial charge in [-0.25, -0.2) is 0 Å². The fourth-order valence-electron chi connectivity index (χ4n) is 2.86. The summed E-state index contributed by atoms with van der Waals surface area (Å²) in [5, 5.41) is 3.11. The zero-order valence-corrected chi connectivity index (χ0v) is 11.0. The minimum Gasteiger partial charge on any atom is -0.356 e. The molecule has 0 saturated heterocycles. The Kier molecular flexibility index (Phi) is 3.48. The molecule has 1 amide bonds. The third-order valence-corrected chi connectivity index (χ3v) is 4.78. The van der Waals surface area contributed by atoms with E-state index in [1.54, 1.807) is 0 Å². The molecule has 2 fully saturated rings. The summed E-state index contributed by atoms with van der Waals surface area (Å²) in [6.45, 7) is 5.16. The van der Waals surface area contributed by atoms with E-state index in [0.717, 1.165) is 18.8 Å². The third kappa shape index (κ3) is 2.53. The summed E-state index contributed by atoms with van der Waals surface area (Å²) in [5.41, 5.74) is 0.242. The first-order valence-electron chi connectivity index (χ1n) is 6.38. The SMILES string of the molecule is CC1(C)CC1C(=O)NCC1CCCC1CCl. The summed E-state index contributed by atoms with van der Waals surface area (Å²) in [4.78, 5) is 11.8. The van der Waals surface area contributed by atoms with Crippen LogP contribution in [0, 0.1) is 23.2 Å². The number of nitrogens with one attached hydrogen (secondary N) is 1. The standard InChI is InChI=1S/C13H22ClNO/c1-13(2)6-11(13)12(16)15-8-10-5-3-4-9(10)7-14/h9-11H,3-8H2,1-2H3,(H,15,16). The molecule has 1 N–H and O–H groups in total. The van der Waals surface area contributed by atoms with Crippen LogP contribution in [0.4, 0.5) is 0 Å². The normalized spacial score (nSPS) is 36.1. The largest absolute Gasteiger partial charge is 0.356 e. The maximum absolute atomic E-state index is 11.8. The molecule has 92 valence electrons. The summed E-state index contributed by atoms with van der Waals surface area (Å²) < 4.78 is 0. The molecule has 0 aromatic rings. The highest BCUT2D eigenvalue weighted by Crippen LogP contribution is 2.51. The van der Waals surface area contributed by atoms with Crippen LogP contribution in [-0.2, 0) is 4.79 Å². The van der Waals surface area contributed by atoms with Gasteiger partial charge in [-0.05, 0) is 36.5 Å². The van der Waals surface area contributed by atoms with Gasteiger partial charge in [-0.1, -0.05) is 20.3 Å². The molecule has 0 spiro atoms. The molecule has 0 aromatic heterocycles. The van der Waals surface area contributed by atoms with Gasteiger partial charge in [0.05, 0.1) is 0 Å². The van der Waals surface area contributed by atoms with E-state index < -0.39 is 0 Å². The second-order valence-corrected chi connectivity index (χ2v) is 6.40. The van der Waals surface area contributed by atoms with Gasteiger partial charge >= 0.3 is 0 Å². The van der Waals surface area contributed by atoms with Gasteiger partial charge in [0.25, 0.3) is 0 Å². The molecule has 16 heavy (non-hydrogen) atoms. The number of halogens is 1. The zero-order chi connectivity index (χ0) is 11.8. The van der Waals surface area contributed by atoms with Gasteiger partial charge < -0.3 is 5.32 Å². The maximum Gasteiger partial charge on any atom is 0.223 e. The first-order chi connectivity index (χ1) is 7.54. The first-order valence-corrected chi connectivity index (χ1v) is 6.91. The quantitative estimate of drug-likeness (QED) is 0.756. The van der Waals surface area contributed by atoms with Crippen molar-refractivity contribution in [3.8, 4) is 0 Å². The minimum absolute atomic E-state index is 0.242. The van der Waals surface area contributed by atoms with Crippen LogP contribution in [0.1, 0.15) is 39.5 Å². The lowest BCUT2D eigenvalue weighted by Crippen LogP contribution is -2.33. The number of amides is 1. The van der Waals surface area contributed by atoms with Gasteiger partial charge in [0.15, 0.2) is 0 Å². The Bertz CT molecular complexity index is 277. The van der Waals surface area contributed by atoms with Crippen LogP contribution in [-0.4, -0.2) is 18.3 Å². The van der Waals surface area contributed by atoms with Crippen molar-refractivity contribution < 1.29 is 4.79 Å². The fourth-order valence-corrected chi connectivity index (χ4v) is 3.26. The molecule has 2 saturated carbocycles. The fraction of sp³-hybridized carbons (Fsp3) is 0.923. The molecule has 0 aromatic carbocycles. The van der Waals surface area contributed by atoms with Crippen molar-refractivity contribution >= 4 is 17.5 Å². The highest BCUT2D eigenvalue weighted by molar-refractivity contribution is 6.18. The molecule has 3 heteroatoms. The molecule has 2 aliphatic rings. The van der Waals surface area contributed by atoms with Crippen LogP contribution < -0.4 is 5.32 Å². The second kappa shape index (κ2) is 4.56. The lowest BCUT2D eigenvalue weighted by molar-refractivity contribution is -0.123. The third-order valence-electron chi connectivity index (χ3n) is 4.38. The zero-order valence-electron chi connectivity index (χ0n) is 10.3. The molecule has 0 heterocycles. The summed E-state index contributed by atoms with van der Waals surface area (Å²) in [6.07, 6.45) is 4.78. The molecule has 2 aliphatic carbocycles. The lowest BCUT2D eigenvalue weighted by atomic mass is 9.98. The molecular formula is C13H22ClNO. The number of rotatable bonds is 4. The smallest absolute Gasteiger partial charge is 0.223 e. The van der Waals surface area contributed by atoms with Crippen LogP contribution in [0.25, 0.3) is 0 Å². The van der Waals surface area contributed by atoms with Crippen molar-refractivity contribution in [1.29, 1.82) is 0 Å². The maximum atomic E-state index is 11.8. The van der Waals surface area contributed by atoms with Gasteiger partial charge in [-0.2, -0.15) is 0 Å². The van der Waals surface area contributed by atoms with Crippen molar-refractivity contribution in [2.45, 2.75) is 39.5 Å². The number of hydrogen-bond acceptors (Lipinski definition) is 1. The minimum atomic E-state index is 0.242. The predicted octanol–water partition coefficient (Wildman–Crippen LogP) is 2.80. The molecule has 0 bridgehead atoms. The van der Waals surface area contributed by atoms with Crippen molar-refractivity contribution in [3.63, 3.8) is 0 Å². The van der Waals surface area contributed by atoms with Gasteiger partial charge in [0, 0.05) is 18.3 Å². The Balaban J connectivity index is 1.73. The monoisotopic (exact) mass is 243 g/mol. The molecule has 0 radical (unpaired) electrons. The van der Waals surface area contributed by atoms with E-state index in [2.05, 4.69) is 19.2 Å². The second-order valence-electron chi connectivity index (χ2n) is 6.10. The Morgan fingerprint density at radius 1 is 1.38 bits per heavy atom. The van der Waals surface area contributed by atoms with E-state index >= 15 is 0 Å². The van der Waals surface area contributed by atoms with Gasteiger partial charge in [-0.3, -0.25) is 4.79 Å². The number of hydrogen-bond donors (Lipinski definition) is 1. The van der Waals surface area contributed by atoms with Crippen molar-refractivity contribution in [2.24, 2.45) is 23.2 Å². The van der Waals surface area contributed by atoms with Gasteiger partial charge in [0.1, 0.15) is 0 Å². The summed E-state index contributed by atoms with van der Waals surface area (Å²) in [5.74, 6) is 2.49. The molecule has 3 unspecified atom stereocenters. The van der Waals surface area contributed by atoms with Crippen LogP contribution >= 0.6 is 11.6 Å². The van der Waals surface area contributed by atoms with Crippen LogP contribution in [0.2, 0.25) is 0 Å². The van der Waals surface area contributed by atoms with Crippen LogP contribution in [0.5, 0.6) is 0 Å². The van der Waals surface area contributed by atoms with E-state index in [1.165, 1.54) is 19.3 Å². The highest BCUT2D eigenvalue weighted by Gasteiger charge is 2.50. The first kappa shape index (κ1) is 12.2. The van der Waals surface area contributed by atoms with E-state index in [-0.39, 0.29) is 17.2 Å². The van der Waals surface area contributed by atoms with Crippen molar-refractivity contribution in [3.05, 3.63) is 0 Å². The topological polar surface area (TPSA) is 29.1 Å². The predicted molar refractivity (Wildman–Crippen MR) is 66.4 cm³/mol. The molecule has 0 aliphatic heterocycles. The van der Waals surface area contributed by atoms with Crippen LogP contribution in [0.3, 0.4) is 0 Å². The van der Waals surface area contributed by atoms with Crippen molar-refractivity contribution in [2.75, 3.05) is 12.4 Å². The average molecular weight is 244 g/mol. The highest BCUT2D eigenvalue weighted by atomic mass is 35.5. The van der Waals surface area contributed by atoms with Gasteiger partial charge in [-0.15, -0.1) is 11.6 Å². The molecule has 3 atom stereocenters. The molecule has 2 nitrogen and oxygen atoms in total. The van der Waals surface area contributed by atoms with Gasteiger partial charge in [0.2, 0.25) is 5.91 Å². The lowest BCUT2D eigenvalue weighted by Gasteiger charge is -2.17. The number of carbonyl (C=O) groups is 1. The summed E-state index contributed by atoms with van der Waals surface area (Å²) >= 11 is 5.93. The van der Waals surface area contributed by atoms with Crippen LogP contribution in [0.15, 0.2) is 0 Å². The van der Waals surface area contributed by atoms with Crippen molar-refractivity contribution in [1.82, 2.24) is 5.32 Å². The Hall–Kier alpha value is -0.240. The van der Waals surface area contributed by atoms with E-state index in [0.29, 0.717) is 11.8 Å². The van der Waals surface area contributed by atoms with E-state index in [4.69, 9.17) is 11.6 Å². The summed E-state index contributed by atoms with van der Waals surface area (Å²) in [7, 11) is 0. The Labute approximate surface area is 103 Å². The number of carbonyl (C=O) groups excluding carboxylic acids is 1. The van der Waals surface area contributed by atoms with E-state index in [9.17, 15) is 4.79 Å². The number of alkyl halides is 1. The average Bonchev–Trinajstić information content (AvgIpc) is 2.71. The Morgan fingerprint density at radius 2 is 2.00 bits per heavy atom. The van der Waals surface area contributed by atoms with E-state index in [1.807, 2.05) is 0 Å².